The van der Waals surface area contributed by atoms with Gasteiger partial charge in [0.1, 0.15) is 6.54 Å². The summed E-state index contributed by atoms with van der Waals surface area (Å²) in [5.74, 6) is -0.241. The first-order chi connectivity index (χ1) is 7.54. The molecule has 1 N–H and O–H groups in total. The van der Waals surface area contributed by atoms with Crippen LogP contribution in [0, 0.1) is 13.8 Å². The van der Waals surface area contributed by atoms with E-state index in [1.165, 1.54) is 5.56 Å². The highest BCUT2D eigenvalue weighted by Crippen LogP contribution is 2.27. The molecule has 1 aromatic rings. The molecule has 0 aliphatic rings. The molecule has 16 heavy (non-hydrogen) atoms. The molecule has 0 bridgehead atoms. The van der Waals surface area contributed by atoms with Gasteiger partial charge in [-0.2, -0.15) is 0 Å². The van der Waals surface area contributed by atoms with Crippen molar-refractivity contribution in [3.05, 3.63) is 27.7 Å². The minimum Gasteiger partial charge on any atom is -0.465 e. The number of carbonyl (C=O) groups excluding carboxylic acids is 1. The van der Waals surface area contributed by atoms with E-state index in [4.69, 9.17) is 4.74 Å². The summed E-state index contributed by atoms with van der Waals surface area (Å²) in [6, 6.07) is 4.08. The van der Waals surface area contributed by atoms with Gasteiger partial charge in [-0.05, 0) is 53.9 Å². The average molecular weight is 286 g/mol. The zero-order valence-corrected chi connectivity index (χ0v) is 11.3. The van der Waals surface area contributed by atoms with Gasteiger partial charge in [0.05, 0.1) is 12.3 Å². The van der Waals surface area contributed by atoms with Crippen molar-refractivity contribution in [2.75, 3.05) is 18.5 Å². The molecule has 0 saturated carbocycles. The molecule has 0 spiro atoms. The molecule has 1 rings (SSSR count). The van der Waals surface area contributed by atoms with Gasteiger partial charge in [-0.3, -0.25) is 4.79 Å². The van der Waals surface area contributed by atoms with E-state index >= 15 is 0 Å². The Kier molecular flexibility index (Phi) is 4.80. The Hall–Kier alpha value is -1.03. The molecule has 3 nitrogen and oxygen atoms in total. The molecule has 0 amide bonds. The standard InChI is InChI=1S/C12H16BrNO2/c1-4-16-11(15)7-14-12-9(3)5-8(2)6-10(12)13/h5-6,14H,4,7H2,1-3H3. The number of carbonyl (C=O) groups is 1. The van der Waals surface area contributed by atoms with Crippen molar-refractivity contribution in [3.63, 3.8) is 0 Å². The molecule has 0 aliphatic heterocycles. The van der Waals surface area contributed by atoms with Crippen LogP contribution in [0.5, 0.6) is 0 Å². The summed E-state index contributed by atoms with van der Waals surface area (Å²) < 4.78 is 5.82. The monoisotopic (exact) mass is 285 g/mol. The van der Waals surface area contributed by atoms with Gasteiger partial charge in [-0.25, -0.2) is 0 Å². The Morgan fingerprint density at radius 3 is 2.69 bits per heavy atom. The van der Waals surface area contributed by atoms with Crippen LogP contribution in [-0.4, -0.2) is 19.1 Å². The summed E-state index contributed by atoms with van der Waals surface area (Å²) >= 11 is 3.47. The topological polar surface area (TPSA) is 38.3 Å². The number of esters is 1. The van der Waals surface area contributed by atoms with Crippen LogP contribution in [0.3, 0.4) is 0 Å². The summed E-state index contributed by atoms with van der Waals surface area (Å²) in [6.45, 7) is 6.44. The second kappa shape index (κ2) is 5.89. The zero-order chi connectivity index (χ0) is 12.1. The van der Waals surface area contributed by atoms with E-state index in [2.05, 4.69) is 27.3 Å². The molecule has 4 heteroatoms. The predicted octanol–water partition coefficient (Wildman–Crippen LogP) is 3.04. The first-order valence-corrected chi connectivity index (χ1v) is 6.00. The number of nitrogens with one attached hydrogen (secondary N) is 1. The molecule has 0 aromatic heterocycles. The summed E-state index contributed by atoms with van der Waals surface area (Å²) in [5, 5.41) is 3.07. The maximum atomic E-state index is 11.2. The van der Waals surface area contributed by atoms with E-state index in [1.54, 1.807) is 6.92 Å². The molecule has 0 fully saturated rings. The van der Waals surface area contributed by atoms with Crippen molar-refractivity contribution in [2.45, 2.75) is 20.8 Å². The smallest absolute Gasteiger partial charge is 0.325 e. The third kappa shape index (κ3) is 3.52. The lowest BCUT2D eigenvalue weighted by molar-refractivity contribution is -0.140. The summed E-state index contributed by atoms with van der Waals surface area (Å²) in [6.07, 6.45) is 0. The normalized spacial score (nSPS) is 10.0. The summed E-state index contributed by atoms with van der Waals surface area (Å²) in [4.78, 5) is 11.2. The Morgan fingerprint density at radius 1 is 1.44 bits per heavy atom. The minimum atomic E-state index is -0.241. The number of rotatable bonds is 4. The van der Waals surface area contributed by atoms with E-state index in [0.717, 1.165) is 15.7 Å². The van der Waals surface area contributed by atoms with E-state index in [0.29, 0.717) is 6.61 Å². The Labute approximate surface area is 104 Å². The third-order valence-corrected chi connectivity index (χ3v) is 2.77. The molecular weight excluding hydrogens is 270 g/mol. The Balaban J connectivity index is 2.70. The average Bonchev–Trinajstić information content (AvgIpc) is 2.16. The van der Waals surface area contributed by atoms with Gasteiger partial charge in [-0.1, -0.05) is 6.07 Å². The number of hydrogen-bond acceptors (Lipinski definition) is 3. The van der Waals surface area contributed by atoms with Crippen molar-refractivity contribution in [3.8, 4) is 0 Å². The molecule has 88 valence electrons. The van der Waals surface area contributed by atoms with Crippen LogP contribution in [0.25, 0.3) is 0 Å². The van der Waals surface area contributed by atoms with Crippen LogP contribution in [0.4, 0.5) is 5.69 Å². The molecular formula is C12H16BrNO2. The molecule has 1 aromatic carbocycles. The van der Waals surface area contributed by atoms with Crippen molar-refractivity contribution in [2.24, 2.45) is 0 Å². The largest absolute Gasteiger partial charge is 0.465 e. The summed E-state index contributed by atoms with van der Waals surface area (Å²) in [7, 11) is 0. The van der Waals surface area contributed by atoms with E-state index in [9.17, 15) is 4.79 Å². The summed E-state index contributed by atoms with van der Waals surface area (Å²) in [5.41, 5.74) is 3.24. The lowest BCUT2D eigenvalue weighted by Gasteiger charge is -2.12. The number of ether oxygens (including phenoxy) is 1. The molecule has 0 radical (unpaired) electrons. The Bertz CT molecular complexity index is 368. The number of anilines is 1. The first kappa shape index (κ1) is 13.0. The molecule has 0 heterocycles. The van der Waals surface area contributed by atoms with Crippen LogP contribution in [-0.2, 0) is 9.53 Å². The molecule has 0 saturated heterocycles. The van der Waals surface area contributed by atoms with Gasteiger partial charge >= 0.3 is 5.97 Å². The number of hydrogen-bond donors (Lipinski definition) is 1. The zero-order valence-electron chi connectivity index (χ0n) is 9.76. The van der Waals surface area contributed by atoms with E-state index < -0.39 is 0 Å². The highest BCUT2D eigenvalue weighted by atomic mass is 79.9. The van der Waals surface area contributed by atoms with Crippen molar-refractivity contribution in [1.29, 1.82) is 0 Å². The number of aryl methyl sites for hydroxylation is 2. The second-order valence-electron chi connectivity index (χ2n) is 3.60. The fourth-order valence-corrected chi connectivity index (χ4v) is 2.33. The third-order valence-electron chi connectivity index (χ3n) is 2.15. The number of benzene rings is 1. The van der Waals surface area contributed by atoms with Gasteiger partial charge in [0, 0.05) is 4.47 Å². The van der Waals surface area contributed by atoms with Gasteiger partial charge < -0.3 is 10.1 Å². The lowest BCUT2D eigenvalue weighted by atomic mass is 10.1. The van der Waals surface area contributed by atoms with Gasteiger partial charge in [0.2, 0.25) is 0 Å². The quantitative estimate of drug-likeness (QED) is 0.865. The highest BCUT2D eigenvalue weighted by molar-refractivity contribution is 9.10. The lowest BCUT2D eigenvalue weighted by Crippen LogP contribution is -2.17. The molecule has 0 atom stereocenters. The van der Waals surface area contributed by atoms with Gasteiger partial charge in [0.15, 0.2) is 0 Å². The number of halogens is 1. The fraction of sp³-hybridized carbons (Fsp3) is 0.417. The predicted molar refractivity (Wildman–Crippen MR) is 68.7 cm³/mol. The SMILES string of the molecule is CCOC(=O)CNc1c(C)cc(C)cc1Br. The van der Waals surface area contributed by atoms with Gasteiger partial charge in [0.25, 0.3) is 0 Å². The van der Waals surface area contributed by atoms with Crippen LogP contribution >= 0.6 is 15.9 Å². The van der Waals surface area contributed by atoms with Crippen molar-refractivity contribution < 1.29 is 9.53 Å². The van der Waals surface area contributed by atoms with Crippen molar-refractivity contribution >= 4 is 27.6 Å². The van der Waals surface area contributed by atoms with E-state index in [1.807, 2.05) is 19.9 Å². The van der Waals surface area contributed by atoms with Crippen LogP contribution in [0.1, 0.15) is 18.1 Å². The molecule has 0 aliphatic carbocycles. The van der Waals surface area contributed by atoms with Crippen LogP contribution < -0.4 is 5.32 Å². The Morgan fingerprint density at radius 2 is 2.12 bits per heavy atom. The van der Waals surface area contributed by atoms with Crippen LogP contribution in [0.15, 0.2) is 16.6 Å². The molecule has 0 unspecified atom stereocenters. The van der Waals surface area contributed by atoms with Gasteiger partial charge in [-0.15, -0.1) is 0 Å². The van der Waals surface area contributed by atoms with Crippen molar-refractivity contribution in [1.82, 2.24) is 0 Å². The second-order valence-corrected chi connectivity index (χ2v) is 4.45. The fourth-order valence-electron chi connectivity index (χ4n) is 1.51. The van der Waals surface area contributed by atoms with Crippen LogP contribution in [0.2, 0.25) is 0 Å². The maximum Gasteiger partial charge on any atom is 0.325 e. The minimum absolute atomic E-state index is 0.191. The van der Waals surface area contributed by atoms with E-state index in [-0.39, 0.29) is 12.5 Å². The highest BCUT2D eigenvalue weighted by Gasteiger charge is 2.07. The maximum absolute atomic E-state index is 11.2. The first-order valence-electron chi connectivity index (χ1n) is 5.20.